The van der Waals surface area contributed by atoms with E-state index < -0.39 is 0 Å². The lowest BCUT2D eigenvalue weighted by molar-refractivity contribution is -0.129. The van der Waals surface area contributed by atoms with Crippen LogP contribution in [0.3, 0.4) is 0 Å². The topological polar surface area (TPSA) is 95.4 Å². The number of ether oxygens (including phenoxy) is 2. The molecule has 3 aromatic rings. The monoisotopic (exact) mass is 567 g/mol. The number of nitrogens with zero attached hydrogens (tertiary/aromatic N) is 6. The van der Waals surface area contributed by atoms with Crippen molar-refractivity contribution in [3.8, 4) is 11.5 Å². The van der Waals surface area contributed by atoms with Gasteiger partial charge >= 0.3 is 0 Å². The average Bonchev–Trinajstić information content (AvgIpc) is 2.99. The fraction of sp³-hybridized carbons (Fsp3) is 0.312. The van der Waals surface area contributed by atoms with Crippen molar-refractivity contribution in [2.24, 2.45) is 5.10 Å². The van der Waals surface area contributed by atoms with Crippen LogP contribution in [-0.4, -0.2) is 65.3 Å². The molecule has 0 bridgehead atoms. The van der Waals surface area contributed by atoms with Crippen molar-refractivity contribution in [2.45, 2.75) is 34.1 Å². The van der Waals surface area contributed by atoms with Gasteiger partial charge in [-0.3, -0.25) is 4.79 Å². The van der Waals surface area contributed by atoms with Crippen molar-refractivity contribution in [1.29, 1.82) is 0 Å². The van der Waals surface area contributed by atoms with Gasteiger partial charge in [0.05, 0.1) is 29.4 Å². The molecule has 5 rings (SSSR count). The van der Waals surface area contributed by atoms with Gasteiger partial charge in [0.1, 0.15) is 23.7 Å². The number of hydrogen-bond acceptors (Lipinski definition) is 9. The van der Waals surface area contributed by atoms with Crippen LogP contribution in [0.2, 0.25) is 0 Å². The fourth-order valence-corrected chi connectivity index (χ4v) is 5.17. The van der Waals surface area contributed by atoms with Gasteiger partial charge in [0.25, 0.3) is 0 Å². The van der Waals surface area contributed by atoms with Crippen molar-refractivity contribution in [3.63, 3.8) is 0 Å². The first-order chi connectivity index (χ1) is 20.4. The van der Waals surface area contributed by atoms with Gasteiger partial charge in [-0.1, -0.05) is 13.0 Å². The van der Waals surface area contributed by atoms with Crippen LogP contribution < -0.4 is 19.7 Å². The first-order valence-corrected chi connectivity index (χ1v) is 14.2. The lowest BCUT2D eigenvalue weighted by Gasteiger charge is -2.36. The Morgan fingerprint density at radius 1 is 1.14 bits per heavy atom. The maximum atomic E-state index is 11.8. The number of benzene rings is 2. The molecule has 0 spiro atoms. The minimum atomic E-state index is 0.102. The standard InChI is InChI=1S/C32H37N7O3/c1-6-8-25-20-26(13-14-39(25)35-7-2)42-29-12-9-24(19-22(29)3)36-32-30-27(33-21-34-32)10-11-28(31(30)41-5)38-17-15-37(16-18-38)23(4)40/h7-14,19-21H,6,15-18H2,1-5H3,(H,33,34,36)/b25-8+,35-7-. The van der Waals surface area contributed by atoms with Crippen molar-refractivity contribution >= 4 is 40.2 Å². The SMILES string of the molecule is C/C=N\N1C=CC(Oc2ccc(Nc3ncnc4ccc(N5CCN(C(C)=O)CC5)c(OC)c34)cc2C)=C/C1=C\CC. The number of aromatic nitrogens is 2. The Hall–Kier alpha value is -4.86. The molecule has 0 radical (unpaired) electrons. The van der Waals surface area contributed by atoms with Gasteiger partial charge in [0.2, 0.25) is 5.91 Å². The molecular weight excluding hydrogens is 530 g/mol. The fourth-order valence-electron chi connectivity index (χ4n) is 5.17. The van der Waals surface area contributed by atoms with Crippen molar-refractivity contribution < 1.29 is 14.3 Å². The predicted octanol–water partition coefficient (Wildman–Crippen LogP) is 5.75. The zero-order valence-electron chi connectivity index (χ0n) is 24.8. The van der Waals surface area contributed by atoms with Gasteiger partial charge in [0, 0.05) is 57.3 Å². The molecule has 2 aliphatic rings. The van der Waals surface area contributed by atoms with E-state index in [-0.39, 0.29) is 5.91 Å². The second-order valence-electron chi connectivity index (χ2n) is 10.1. The van der Waals surface area contributed by atoms with E-state index in [4.69, 9.17) is 9.47 Å². The van der Waals surface area contributed by atoms with Crippen LogP contribution in [0.5, 0.6) is 11.5 Å². The number of fused-ring (bicyclic) bond motifs is 1. The zero-order chi connectivity index (χ0) is 29.6. The molecule has 42 heavy (non-hydrogen) atoms. The molecule has 218 valence electrons. The smallest absolute Gasteiger partial charge is 0.219 e. The molecule has 3 heterocycles. The minimum absolute atomic E-state index is 0.102. The number of methoxy groups -OCH3 is 1. The van der Waals surface area contributed by atoms with Crippen LogP contribution in [0.4, 0.5) is 17.2 Å². The van der Waals surface area contributed by atoms with Crippen LogP contribution in [0.15, 0.2) is 77.6 Å². The van der Waals surface area contributed by atoms with Gasteiger partial charge < -0.3 is 24.6 Å². The third-order valence-corrected chi connectivity index (χ3v) is 7.26. The third-order valence-electron chi connectivity index (χ3n) is 7.26. The highest BCUT2D eigenvalue weighted by molar-refractivity contribution is 6.00. The number of piperazine rings is 1. The highest BCUT2D eigenvalue weighted by Crippen LogP contribution is 2.40. The van der Waals surface area contributed by atoms with Gasteiger partial charge in [0.15, 0.2) is 5.75 Å². The molecule has 1 N–H and O–H groups in total. The minimum Gasteiger partial charge on any atom is -0.494 e. The largest absolute Gasteiger partial charge is 0.494 e. The molecule has 0 aliphatic carbocycles. The summed E-state index contributed by atoms with van der Waals surface area (Å²) in [5.41, 5.74) is 4.54. The summed E-state index contributed by atoms with van der Waals surface area (Å²) >= 11 is 0. The number of aryl methyl sites for hydroxylation is 1. The molecule has 10 nitrogen and oxygen atoms in total. The summed E-state index contributed by atoms with van der Waals surface area (Å²) in [5.74, 6) is 2.96. The van der Waals surface area contributed by atoms with Crippen LogP contribution in [0, 0.1) is 6.92 Å². The normalized spacial score (nSPS) is 16.4. The molecule has 1 saturated heterocycles. The van der Waals surface area contributed by atoms with Crippen LogP contribution in [0.25, 0.3) is 10.9 Å². The van der Waals surface area contributed by atoms with E-state index in [1.807, 2.05) is 72.4 Å². The lowest BCUT2D eigenvalue weighted by Crippen LogP contribution is -2.48. The molecule has 2 aromatic carbocycles. The molecular formula is C32H37N7O3. The summed E-state index contributed by atoms with van der Waals surface area (Å²) in [6.45, 7) is 10.4. The van der Waals surface area contributed by atoms with E-state index in [2.05, 4.69) is 38.3 Å². The second-order valence-corrected chi connectivity index (χ2v) is 10.1. The molecule has 0 atom stereocenters. The van der Waals surface area contributed by atoms with Crippen molar-refractivity contribution in [1.82, 2.24) is 19.9 Å². The van der Waals surface area contributed by atoms with Crippen molar-refractivity contribution in [2.75, 3.05) is 43.5 Å². The predicted molar refractivity (Wildman–Crippen MR) is 167 cm³/mol. The van der Waals surface area contributed by atoms with Crippen LogP contribution in [0.1, 0.15) is 32.8 Å². The lowest BCUT2D eigenvalue weighted by atomic mass is 10.1. The Labute approximate surface area is 246 Å². The number of hydrogen-bond donors (Lipinski definition) is 1. The summed E-state index contributed by atoms with van der Waals surface area (Å²) in [6.07, 6.45) is 12.1. The van der Waals surface area contributed by atoms with E-state index >= 15 is 0 Å². The summed E-state index contributed by atoms with van der Waals surface area (Å²) < 4.78 is 12.2. The van der Waals surface area contributed by atoms with E-state index in [1.54, 1.807) is 26.6 Å². The number of allylic oxidation sites excluding steroid dienone is 3. The van der Waals surface area contributed by atoms with E-state index in [9.17, 15) is 4.79 Å². The molecule has 2 aliphatic heterocycles. The number of amides is 1. The Kier molecular flexibility index (Phi) is 8.71. The maximum Gasteiger partial charge on any atom is 0.219 e. The molecule has 1 aromatic heterocycles. The van der Waals surface area contributed by atoms with Crippen LogP contribution >= 0.6 is 0 Å². The number of carbonyl (C=O) groups is 1. The zero-order valence-corrected chi connectivity index (χ0v) is 24.8. The van der Waals surface area contributed by atoms with Crippen molar-refractivity contribution in [3.05, 3.63) is 78.1 Å². The van der Waals surface area contributed by atoms with Gasteiger partial charge in [-0.25, -0.2) is 15.0 Å². The Balaban J connectivity index is 1.39. The summed E-state index contributed by atoms with van der Waals surface area (Å²) in [6, 6.07) is 9.97. The molecule has 0 saturated carbocycles. The molecule has 10 heteroatoms. The Bertz CT molecular complexity index is 1590. The maximum absolute atomic E-state index is 11.8. The molecule has 1 amide bonds. The van der Waals surface area contributed by atoms with E-state index in [0.29, 0.717) is 24.7 Å². The molecule has 1 fully saturated rings. The third kappa shape index (κ3) is 6.07. The van der Waals surface area contributed by atoms with Gasteiger partial charge in [-0.2, -0.15) is 5.10 Å². The summed E-state index contributed by atoms with van der Waals surface area (Å²) in [5, 5.41) is 10.5. The quantitative estimate of drug-likeness (QED) is 0.344. The molecule has 0 unspecified atom stereocenters. The Morgan fingerprint density at radius 2 is 1.95 bits per heavy atom. The second kappa shape index (κ2) is 12.8. The van der Waals surface area contributed by atoms with Gasteiger partial charge in [-0.05, 0) is 62.2 Å². The van der Waals surface area contributed by atoms with Gasteiger partial charge in [-0.15, -0.1) is 0 Å². The van der Waals surface area contributed by atoms with E-state index in [0.717, 1.165) is 64.6 Å². The number of anilines is 3. The summed E-state index contributed by atoms with van der Waals surface area (Å²) in [7, 11) is 1.67. The first kappa shape index (κ1) is 28.7. The average molecular weight is 568 g/mol. The highest BCUT2D eigenvalue weighted by atomic mass is 16.5. The van der Waals surface area contributed by atoms with E-state index in [1.165, 1.54) is 0 Å². The summed E-state index contributed by atoms with van der Waals surface area (Å²) in [4.78, 5) is 25.0. The number of hydrazone groups is 1. The first-order valence-electron chi connectivity index (χ1n) is 14.2. The number of nitrogens with one attached hydrogen (secondary N) is 1. The Morgan fingerprint density at radius 3 is 2.64 bits per heavy atom. The number of carbonyl (C=O) groups excluding carboxylic acids is 1. The number of rotatable bonds is 8. The highest BCUT2D eigenvalue weighted by Gasteiger charge is 2.24. The van der Waals surface area contributed by atoms with Crippen LogP contribution in [-0.2, 0) is 4.79 Å².